The van der Waals surface area contributed by atoms with Gasteiger partial charge in [-0.15, -0.1) is 6.42 Å². The number of amides is 1. The van der Waals surface area contributed by atoms with E-state index in [-0.39, 0.29) is 5.56 Å². The van der Waals surface area contributed by atoms with Crippen LogP contribution in [-0.4, -0.2) is 17.3 Å². The van der Waals surface area contributed by atoms with E-state index in [1.54, 1.807) is 18.2 Å². The second-order valence-electron chi connectivity index (χ2n) is 3.78. The predicted molar refractivity (Wildman–Crippen MR) is 81.0 cm³/mol. The van der Waals surface area contributed by atoms with Crippen LogP contribution in [0.4, 0.5) is 10.7 Å². The van der Waals surface area contributed by atoms with Crippen LogP contribution in [-0.2, 0) is 0 Å². The molecule has 1 amide bonds. The number of anilines is 2. The number of aromatic amines is 1. The maximum atomic E-state index is 11.7. The number of carbonyl (C=O) groups excluding carboxylic acids is 1. The molecule has 102 valence electrons. The zero-order valence-electron chi connectivity index (χ0n) is 10.4. The molecule has 3 N–H and O–H groups in total. The van der Waals surface area contributed by atoms with E-state index in [1.165, 1.54) is 7.05 Å². The minimum absolute atomic E-state index is 0.0367. The highest BCUT2D eigenvalue weighted by atomic mass is 35.5. The Kier molecular flexibility index (Phi) is 4.13. The number of nitrogens with one attached hydrogen (secondary N) is 3. The Morgan fingerprint density at radius 2 is 2.25 bits per heavy atom. The van der Waals surface area contributed by atoms with Crippen molar-refractivity contribution in [3.8, 4) is 12.3 Å². The van der Waals surface area contributed by atoms with Gasteiger partial charge >= 0.3 is 0 Å². The minimum Gasteiger partial charge on any atom is -0.355 e. The van der Waals surface area contributed by atoms with Crippen LogP contribution in [0, 0.1) is 12.3 Å². The molecule has 0 aliphatic heterocycles. The molecule has 0 spiro atoms. The highest BCUT2D eigenvalue weighted by molar-refractivity contribution is 7.10. The summed E-state index contributed by atoms with van der Waals surface area (Å²) in [6, 6.07) is 5.03. The molecule has 0 aliphatic carbocycles. The molecule has 1 aromatic carbocycles. The van der Waals surface area contributed by atoms with Crippen LogP contribution < -0.4 is 16.2 Å². The Balaban J connectivity index is 2.36. The molecule has 0 fully saturated rings. The van der Waals surface area contributed by atoms with Crippen molar-refractivity contribution in [1.29, 1.82) is 0 Å². The van der Waals surface area contributed by atoms with Gasteiger partial charge in [-0.25, -0.2) is 0 Å². The number of hydrogen-bond acceptors (Lipinski definition) is 4. The molecule has 0 bridgehead atoms. The van der Waals surface area contributed by atoms with Gasteiger partial charge in [0.05, 0.1) is 5.02 Å². The van der Waals surface area contributed by atoms with E-state index in [4.69, 9.17) is 18.0 Å². The number of H-pyrrole nitrogens is 1. The van der Waals surface area contributed by atoms with E-state index in [0.29, 0.717) is 21.3 Å². The van der Waals surface area contributed by atoms with E-state index in [9.17, 15) is 9.59 Å². The Hall–Kier alpha value is -2.23. The number of rotatable bonds is 3. The second-order valence-corrected chi connectivity index (χ2v) is 5.00. The summed E-state index contributed by atoms with van der Waals surface area (Å²) in [4.78, 5) is 23.3. The van der Waals surface area contributed by atoms with E-state index >= 15 is 0 Å². The van der Waals surface area contributed by atoms with Gasteiger partial charge in [-0.1, -0.05) is 17.5 Å². The zero-order valence-corrected chi connectivity index (χ0v) is 12.0. The fourth-order valence-electron chi connectivity index (χ4n) is 1.56. The molecule has 0 atom stereocenters. The van der Waals surface area contributed by atoms with Gasteiger partial charge in [-0.05, 0) is 29.7 Å². The van der Waals surface area contributed by atoms with Crippen molar-refractivity contribution in [2.75, 3.05) is 12.4 Å². The first-order valence-corrected chi connectivity index (χ1v) is 6.73. The molecule has 0 saturated carbocycles. The van der Waals surface area contributed by atoms with Gasteiger partial charge in [-0.3, -0.25) is 14.0 Å². The third kappa shape index (κ3) is 2.69. The van der Waals surface area contributed by atoms with Gasteiger partial charge in [0, 0.05) is 18.3 Å². The van der Waals surface area contributed by atoms with Crippen LogP contribution >= 0.6 is 23.1 Å². The highest BCUT2D eigenvalue weighted by Gasteiger charge is 2.17. The summed E-state index contributed by atoms with van der Waals surface area (Å²) >= 11 is 7.04. The first kappa shape index (κ1) is 14.2. The molecule has 1 aromatic heterocycles. The van der Waals surface area contributed by atoms with Gasteiger partial charge in [0.25, 0.3) is 11.5 Å². The molecular weight excluding hydrogens is 298 g/mol. The van der Waals surface area contributed by atoms with Crippen LogP contribution in [0.2, 0.25) is 5.02 Å². The second kappa shape index (κ2) is 5.82. The Labute approximate surface area is 124 Å². The number of halogens is 1. The van der Waals surface area contributed by atoms with E-state index < -0.39 is 11.5 Å². The largest absolute Gasteiger partial charge is 0.355 e. The van der Waals surface area contributed by atoms with Gasteiger partial charge < -0.3 is 10.6 Å². The van der Waals surface area contributed by atoms with Crippen LogP contribution in [0.5, 0.6) is 0 Å². The van der Waals surface area contributed by atoms with Gasteiger partial charge in [-0.2, -0.15) is 0 Å². The number of terminal acetylenes is 1. The Morgan fingerprint density at radius 1 is 1.50 bits per heavy atom. The number of aromatic nitrogens is 1. The summed E-state index contributed by atoms with van der Waals surface area (Å²) in [6.07, 6.45) is 5.29. The fourth-order valence-corrected chi connectivity index (χ4v) is 2.55. The summed E-state index contributed by atoms with van der Waals surface area (Å²) in [5.41, 5.74) is 0.804. The van der Waals surface area contributed by atoms with E-state index in [1.807, 2.05) is 0 Å². The summed E-state index contributed by atoms with van der Waals surface area (Å²) in [5.74, 6) is 1.99. The maximum absolute atomic E-state index is 11.7. The van der Waals surface area contributed by atoms with Crippen LogP contribution in [0.15, 0.2) is 23.0 Å². The zero-order chi connectivity index (χ0) is 14.7. The van der Waals surface area contributed by atoms with Crippen LogP contribution in [0.25, 0.3) is 0 Å². The minimum atomic E-state index is -0.457. The average molecular weight is 308 g/mol. The Bertz CT molecular complexity index is 758. The van der Waals surface area contributed by atoms with Crippen molar-refractivity contribution in [3.63, 3.8) is 0 Å². The lowest BCUT2D eigenvalue weighted by atomic mass is 10.2. The van der Waals surface area contributed by atoms with Crippen molar-refractivity contribution in [3.05, 3.63) is 44.7 Å². The lowest BCUT2D eigenvalue weighted by molar-refractivity contribution is 0.0963. The number of hydrogen-bond donors (Lipinski definition) is 3. The van der Waals surface area contributed by atoms with E-state index in [2.05, 4.69) is 20.9 Å². The van der Waals surface area contributed by atoms with Gasteiger partial charge in [0.1, 0.15) is 10.6 Å². The van der Waals surface area contributed by atoms with Crippen molar-refractivity contribution in [1.82, 2.24) is 9.69 Å². The highest BCUT2D eigenvalue weighted by Crippen LogP contribution is 2.26. The topological polar surface area (TPSA) is 74.0 Å². The number of carbonyl (C=O) groups is 1. The van der Waals surface area contributed by atoms with Crippen molar-refractivity contribution < 1.29 is 4.79 Å². The van der Waals surface area contributed by atoms with Crippen molar-refractivity contribution in [2.45, 2.75) is 0 Å². The molecule has 7 heteroatoms. The summed E-state index contributed by atoms with van der Waals surface area (Å²) in [7, 11) is 1.46. The SMILES string of the molecule is C#Cc1ccc(Nc2s[nH]c(=O)c2C(=O)NC)cc1Cl. The molecule has 5 nitrogen and oxygen atoms in total. The molecule has 0 saturated heterocycles. The molecule has 2 rings (SSSR count). The summed E-state index contributed by atoms with van der Waals surface area (Å²) < 4.78 is 2.51. The van der Waals surface area contributed by atoms with Crippen molar-refractivity contribution in [2.24, 2.45) is 0 Å². The molecule has 0 radical (unpaired) electrons. The smallest absolute Gasteiger partial charge is 0.273 e. The third-order valence-electron chi connectivity index (χ3n) is 2.54. The lowest BCUT2D eigenvalue weighted by Crippen LogP contribution is -2.24. The summed E-state index contributed by atoms with van der Waals surface area (Å²) in [5, 5.41) is 6.23. The molecule has 1 heterocycles. The normalized spacial score (nSPS) is 9.85. The molecule has 2 aromatic rings. The quantitative estimate of drug-likeness (QED) is 0.761. The monoisotopic (exact) mass is 307 g/mol. The third-order valence-corrected chi connectivity index (χ3v) is 3.65. The molecule has 20 heavy (non-hydrogen) atoms. The fraction of sp³-hybridized carbons (Fsp3) is 0.0769. The number of benzene rings is 1. The molecule has 0 unspecified atom stereocenters. The predicted octanol–water partition coefficient (Wildman–Crippen LogP) is 2.17. The lowest BCUT2D eigenvalue weighted by Gasteiger charge is -2.06. The maximum Gasteiger partial charge on any atom is 0.273 e. The molecular formula is C13H10ClN3O2S. The average Bonchev–Trinajstić information content (AvgIpc) is 2.79. The van der Waals surface area contributed by atoms with Gasteiger partial charge in [0.15, 0.2) is 0 Å². The Morgan fingerprint density at radius 3 is 2.85 bits per heavy atom. The van der Waals surface area contributed by atoms with Crippen LogP contribution in [0.3, 0.4) is 0 Å². The first-order valence-electron chi connectivity index (χ1n) is 5.53. The summed E-state index contributed by atoms with van der Waals surface area (Å²) in [6.45, 7) is 0. The van der Waals surface area contributed by atoms with Crippen molar-refractivity contribution >= 4 is 39.7 Å². The van der Waals surface area contributed by atoms with Crippen LogP contribution in [0.1, 0.15) is 15.9 Å². The van der Waals surface area contributed by atoms with E-state index in [0.717, 1.165) is 11.5 Å². The standard InChI is InChI=1S/C13H10ClN3O2S/c1-3-7-4-5-8(6-9(7)14)16-13-10(11(18)15-2)12(19)17-20-13/h1,4-6,16H,2H3,(H,15,18)(H,17,19). The van der Waals surface area contributed by atoms with Gasteiger partial charge in [0.2, 0.25) is 0 Å². The first-order chi connectivity index (χ1) is 9.56. The molecule has 0 aliphatic rings.